The topological polar surface area (TPSA) is 72.5 Å². The first kappa shape index (κ1) is 12.4. The third kappa shape index (κ3) is 2.69. The van der Waals surface area contributed by atoms with Crippen LogP contribution >= 0.6 is 11.6 Å². The molecule has 0 amide bonds. The van der Waals surface area contributed by atoms with E-state index in [4.69, 9.17) is 22.4 Å². The van der Waals surface area contributed by atoms with Gasteiger partial charge in [0.1, 0.15) is 11.3 Å². The molecule has 4 nitrogen and oxygen atoms in total. The molecule has 1 rings (SSSR count). The molecule has 0 aliphatic heterocycles. The average molecular weight is 256 g/mol. The highest BCUT2D eigenvalue weighted by molar-refractivity contribution is 6.36. The summed E-state index contributed by atoms with van der Waals surface area (Å²) in [5, 5.41) is 8.19. The van der Waals surface area contributed by atoms with Crippen molar-refractivity contribution < 1.29 is 27.8 Å². The number of hydrogen-bond donors (Lipinski definition) is 2. The molecule has 0 fully saturated rings. The van der Waals surface area contributed by atoms with Gasteiger partial charge >= 0.3 is 12.3 Å². The molecule has 16 heavy (non-hydrogen) atoms. The van der Waals surface area contributed by atoms with E-state index in [0.29, 0.717) is 0 Å². The molecule has 1 aromatic carbocycles. The summed E-state index contributed by atoms with van der Waals surface area (Å²) in [6.07, 6.45) is -5.00. The van der Waals surface area contributed by atoms with Gasteiger partial charge in [-0.15, -0.1) is 13.2 Å². The molecule has 0 unspecified atom stereocenters. The number of carboxylic acid groups (broad SMARTS) is 1. The second kappa shape index (κ2) is 4.09. The van der Waals surface area contributed by atoms with E-state index in [1.807, 2.05) is 0 Å². The minimum absolute atomic E-state index is 0.145. The highest BCUT2D eigenvalue weighted by Gasteiger charge is 2.34. The first-order valence-corrected chi connectivity index (χ1v) is 4.17. The third-order valence-corrected chi connectivity index (χ3v) is 1.98. The van der Waals surface area contributed by atoms with E-state index in [2.05, 4.69) is 4.74 Å². The lowest BCUT2D eigenvalue weighted by molar-refractivity contribution is -0.274. The van der Waals surface area contributed by atoms with Gasteiger partial charge in [-0.2, -0.15) is 0 Å². The van der Waals surface area contributed by atoms with Crippen LogP contribution in [0.3, 0.4) is 0 Å². The van der Waals surface area contributed by atoms with Gasteiger partial charge in [0.25, 0.3) is 0 Å². The first-order valence-electron chi connectivity index (χ1n) is 3.79. The monoisotopic (exact) mass is 255 g/mol. The van der Waals surface area contributed by atoms with E-state index in [1.54, 1.807) is 0 Å². The molecule has 8 heteroatoms. The van der Waals surface area contributed by atoms with E-state index in [0.717, 1.165) is 12.1 Å². The summed E-state index contributed by atoms with van der Waals surface area (Å²) < 4.78 is 39.3. The fraction of sp³-hybridized carbons (Fsp3) is 0.125. The van der Waals surface area contributed by atoms with Crippen molar-refractivity contribution in [2.45, 2.75) is 6.36 Å². The number of hydrogen-bond acceptors (Lipinski definition) is 3. The molecule has 88 valence electrons. The molecule has 3 N–H and O–H groups in total. The van der Waals surface area contributed by atoms with Gasteiger partial charge in [-0.3, -0.25) is 0 Å². The number of halogens is 4. The van der Waals surface area contributed by atoms with Crippen LogP contribution < -0.4 is 10.5 Å². The van der Waals surface area contributed by atoms with Crippen molar-refractivity contribution in [3.63, 3.8) is 0 Å². The maximum atomic E-state index is 11.9. The van der Waals surface area contributed by atoms with Gasteiger partial charge in [0.05, 0.1) is 10.7 Å². The lowest BCUT2D eigenvalue weighted by Gasteiger charge is -2.12. The predicted octanol–water partition coefficient (Wildman–Crippen LogP) is 2.52. The summed E-state index contributed by atoms with van der Waals surface area (Å²) in [5.74, 6) is -2.56. The number of benzene rings is 1. The second-order valence-electron chi connectivity index (χ2n) is 2.69. The zero-order chi connectivity index (χ0) is 12.5. The van der Waals surface area contributed by atoms with Gasteiger partial charge in [-0.05, 0) is 12.1 Å². The number of aromatic carboxylic acids is 1. The smallest absolute Gasteiger partial charge is 0.477 e. The Labute approximate surface area is 92.4 Å². The molecule has 0 aliphatic rings. The summed E-state index contributed by atoms with van der Waals surface area (Å²) in [6, 6.07) is 1.81. The lowest BCUT2D eigenvalue weighted by atomic mass is 10.2. The van der Waals surface area contributed by atoms with Crippen molar-refractivity contribution in [2.75, 3.05) is 5.73 Å². The van der Waals surface area contributed by atoms with Crippen LogP contribution in [-0.2, 0) is 0 Å². The number of carboxylic acids is 1. The van der Waals surface area contributed by atoms with Crippen molar-refractivity contribution in [1.29, 1.82) is 0 Å². The fourth-order valence-corrected chi connectivity index (χ4v) is 1.22. The van der Waals surface area contributed by atoms with Crippen LogP contribution in [0.1, 0.15) is 10.4 Å². The molecular weight excluding hydrogens is 251 g/mol. The maximum Gasteiger partial charge on any atom is 0.573 e. The molecular formula is C8H5ClF3NO3. The molecule has 1 aromatic rings. The number of carbonyl (C=O) groups is 1. The quantitative estimate of drug-likeness (QED) is 0.797. The van der Waals surface area contributed by atoms with Crippen molar-refractivity contribution in [2.24, 2.45) is 0 Å². The number of alkyl halides is 3. The fourth-order valence-electron chi connectivity index (χ4n) is 0.983. The Morgan fingerprint density at radius 3 is 2.44 bits per heavy atom. The van der Waals surface area contributed by atoms with E-state index in [1.165, 1.54) is 0 Å². The Bertz CT molecular complexity index is 433. The molecule has 0 saturated carbocycles. The molecule has 0 atom stereocenters. The first-order chi connectivity index (χ1) is 7.22. The zero-order valence-electron chi connectivity index (χ0n) is 7.51. The van der Waals surface area contributed by atoms with Crippen LogP contribution in [0.25, 0.3) is 0 Å². The third-order valence-electron chi connectivity index (χ3n) is 1.57. The summed E-state index contributed by atoms with van der Waals surface area (Å²) >= 11 is 5.47. The molecule has 0 heterocycles. The summed E-state index contributed by atoms with van der Waals surface area (Å²) in [6.45, 7) is 0. The van der Waals surface area contributed by atoms with E-state index >= 15 is 0 Å². The number of rotatable bonds is 2. The minimum atomic E-state index is -5.00. The zero-order valence-corrected chi connectivity index (χ0v) is 8.26. The Morgan fingerprint density at radius 2 is 2.00 bits per heavy atom. The van der Waals surface area contributed by atoms with Crippen molar-refractivity contribution in [3.8, 4) is 5.75 Å². The normalized spacial score (nSPS) is 11.2. The van der Waals surface area contributed by atoms with Gasteiger partial charge in [-0.1, -0.05) is 11.6 Å². The molecule has 0 bridgehead atoms. The Kier molecular flexibility index (Phi) is 3.18. The Morgan fingerprint density at radius 1 is 1.44 bits per heavy atom. The number of nitrogen functional groups attached to an aromatic ring is 1. The SMILES string of the molecule is Nc1ccc(OC(F)(F)F)c(C(=O)O)c1Cl. The van der Waals surface area contributed by atoms with Gasteiger partial charge in [-0.25, -0.2) is 4.79 Å². The van der Waals surface area contributed by atoms with Crippen LogP contribution in [0.4, 0.5) is 18.9 Å². The average Bonchev–Trinajstić information content (AvgIpc) is 2.08. The highest BCUT2D eigenvalue weighted by atomic mass is 35.5. The van der Waals surface area contributed by atoms with Gasteiger partial charge in [0.2, 0.25) is 0 Å². The van der Waals surface area contributed by atoms with Gasteiger partial charge in [0, 0.05) is 0 Å². The Balaban J connectivity index is 3.29. The van der Waals surface area contributed by atoms with E-state index in [9.17, 15) is 18.0 Å². The van der Waals surface area contributed by atoms with Crippen LogP contribution in [0.15, 0.2) is 12.1 Å². The highest BCUT2D eigenvalue weighted by Crippen LogP contribution is 2.34. The second-order valence-corrected chi connectivity index (χ2v) is 3.07. The van der Waals surface area contributed by atoms with Crippen molar-refractivity contribution in [3.05, 3.63) is 22.7 Å². The number of ether oxygens (including phenoxy) is 1. The van der Waals surface area contributed by atoms with Crippen molar-refractivity contribution in [1.82, 2.24) is 0 Å². The summed E-state index contributed by atoms with van der Waals surface area (Å²) in [4.78, 5) is 10.7. The molecule has 0 radical (unpaired) electrons. The summed E-state index contributed by atoms with van der Waals surface area (Å²) in [5.41, 5.74) is 4.29. The molecule has 0 aromatic heterocycles. The predicted molar refractivity (Wildman–Crippen MR) is 49.5 cm³/mol. The van der Waals surface area contributed by atoms with Gasteiger partial charge < -0.3 is 15.6 Å². The maximum absolute atomic E-state index is 11.9. The van der Waals surface area contributed by atoms with Crippen LogP contribution in [-0.4, -0.2) is 17.4 Å². The number of anilines is 1. The Hall–Kier alpha value is -1.63. The summed E-state index contributed by atoms with van der Waals surface area (Å²) in [7, 11) is 0. The lowest BCUT2D eigenvalue weighted by Crippen LogP contribution is -2.19. The molecule has 0 aliphatic carbocycles. The molecule has 0 spiro atoms. The standard InChI is InChI=1S/C8H5ClF3NO3/c9-6-3(13)1-2-4(5(6)7(14)15)16-8(10,11)12/h1-2H,13H2,(H,14,15). The van der Waals surface area contributed by atoms with Crippen LogP contribution in [0.5, 0.6) is 5.75 Å². The van der Waals surface area contributed by atoms with Gasteiger partial charge in [0.15, 0.2) is 0 Å². The largest absolute Gasteiger partial charge is 0.573 e. The minimum Gasteiger partial charge on any atom is -0.477 e. The van der Waals surface area contributed by atoms with Crippen LogP contribution in [0.2, 0.25) is 5.02 Å². The number of nitrogens with two attached hydrogens (primary N) is 1. The van der Waals surface area contributed by atoms with Crippen molar-refractivity contribution >= 4 is 23.3 Å². The van der Waals surface area contributed by atoms with E-state index < -0.39 is 28.7 Å². The molecule has 0 saturated heterocycles. The van der Waals surface area contributed by atoms with E-state index in [-0.39, 0.29) is 5.69 Å². The van der Waals surface area contributed by atoms with Crippen LogP contribution in [0, 0.1) is 0 Å².